The molecule has 2 aromatic carbocycles. The average molecular weight is 347 g/mol. The summed E-state index contributed by atoms with van der Waals surface area (Å²) in [7, 11) is 0. The summed E-state index contributed by atoms with van der Waals surface area (Å²) in [6, 6.07) is 16.6. The highest BCUT2D eigenvalue weighted by Crippen LogP contribution is 2.23. The predicted octanol–water partition coefficient (Wildman–Crippen LogP) is 2.90. The molecule has 1 N–H and O–H groups in total. The van der Waals surface area contributed by atoms with E-state index in [0.717, 1.165) is 16.8 Å². The molecule has 0 bridgehead atoms. The van der Waals surface area contributed by atoms with Gasteiger partial charge in [-0.05, 0) is 30.2 Å². The Kier molecular flexibility index (Phi) is 4.01. The number of carbonyl (C=O) groups excluding carboxylic acids is 2. The van der Waals surface area contributed by atoms with E-state index in [9.17, 15) is 9.59 Å². The summed E-state index contributed by atoms with van der Waals surface area (Å²) in [6.45, 7) is 1.97. The first-order chi connectivity index (χ1) is 12.6. The second-order valence-corrected chi connectivity index (χ2v) is 6.16. The Morgan fingerprint density at radius 3 is 2.77 bits per heavy atom. The highest BCUT2D eigenvalue weighted by Gasteiger charge is 2.31. The number of hydrogen-bond acceptors (Lipinski definition) is 4. The van der Waals surface area contributed by atoms with Crippen molar-refractivity contribution in [2.75, 3.05) is 5.32 Å². The highest BCUT2D eigenvalue weighted by molar-refractivity contribution is 5.99. The van der Waals surface area contributed by atoms with Crippen molar-refractivity contribution in [3.63, 3.8) is 0 Å². The van der Waals surface area contributed by atoms with Crippen LogP contribution in [0.15, 0.2) is 60.8 Å². The van der Waals surface area contributed by atoms with Gasteiger partial charge in [-0.2, -0.15) is 5.10 Å². The number of rotatable bonds is 3. The standard InChI is InChI=1S/C20H17N3O3/c1-13-6-2-5-9-16(13)23-18(10-11-21-23)22-19(24)17-12-14-7-3-4-8-15(14)20(25)26-17/h2-11,17H,12H2,1H3,(H,22,24)/t17-/m0/s1. The van der Waals surface area contributed by atoms with Gasteiger partial charge >= 0.3 is 5.97 Å². The van der Waals surface area contributed by atoms with Crippen LogP contribution in [-0.4, -0.2) is 27.8 Å². The minimum Gasteiger partial charge on any atom is -0.448 e. The number of esters is 1. The molecule has 0 spiro atoms. The summed E-state index contributed by atoms with van der Waals surface area (Å²) in [5.74, 6) is -0.318. The van der Waals surface area contributed by atoms with E-state index in [-0.39, 0.29) is 5.91 Å². The second-order valence-electron chi connectivity index (χ2n) is 6.16. The molecule has 0 unspecified atom stereocenters. The Morgan fingerprint density at radius 2 is 1.92 bits per heavy atom. The molecule has 1 aliphatic heterocycles. The van der Waals surface area contributed by atoms with Gasteiger partial charge in [0.2, 0.25) is 0 Å². The van der Waals surface area contributed by atoms with E-state index >= 15 is 0 Å². The lowest BCUT2D eigenvalue weighted by molar-refractivity contribution is -0.125. The third-order valence-electron chi connectivity index (χ3n) is 4.42. The smallest absolute Gasteiger partial charge is 0.339 e. The van der Waals surface area contributed by atoms with Crippen molar-refractivity contribution in [2.24, 2.45) is 0 Å². The van der Waals surface area contributed by atoms with E-state index in [4.69, 9.17) is 4.74 Å². The first kappa shape index (κ1) is 16.1. The van der Waals surface area contributed by atoms with E-state index in [1.165, 1.54) is 0 Å². The van der Waals surface area contributed by atoms with Gasteiger partial charge in [-0.25, -0.2) is 9.48 Å². The number of ether oxygens (including phenoxy) is 1. The number of aryl methyl sites for hydroxylation is 1. The molecule has 3 aromatic rings. The number of carbonyl (C=O) groups is 2. The second kappa shape index (κ2) is 6.48. The highest BCUT2D eigenvalue weighted by atomic mass is 16.5. The quantitative estimate of drug-likeness (QED) is 0.740. The van der Waals surface area contributed by atoms with Gasteiger partial charge in [0.1, 0.15) is 5.82 Å². The van der Waals surface area contributed by atoms with E-state index in [1.807, 2.05) is 43.3 Å². The zero-order valence-corrected chi connectivity index (χ0v) is 14.2. The zero-order chi connectivity index (χ0) is 18.1. The first-order valence-corrected chi connectivity index (χ1v) is 8.33. The Bertz CT molecular complexity index is 993. The first-order valence-electron chi connectivity index (χ1n) is 8.33. The molecule has 26 heavy (non-hydrogen) atoms. The van der Waals surface area contributed by atoms with Crippen molar-refractivity contribution in [1.29, 1.82) is 0 Å². The number of anilines is 1. The molecular weight excluding hydrogens is 330 g/mol. The minimum absolute atomic E-state index is 0.353. The van der Waals surface area contributed by atoms with Crippen molar-refractivity contribution in [2.45, 2.75) is 19.4 Å². The van der Waals surface area contributed by atoms with Crippen LogP contribution in [0.4, 0.5) is 5.82 Å². The third kappa shape index (κ3) is 2.86. The molecule has 0 aliphatic carbocycles. The van der Waals surface area contributed by atoms with Crippen LogP contribution in [0.5, 0.6) is 0 Å². The molecule has 2 heterocycles. The molecule has 6 nitrogen and oxygen atoms in total. The third-order valence-corrected chi connectivity index (χ3v) is 4.42. The monoisotopic (exact) mass is 347 g/mol. The van der Waals surface area contributed by atoms with Crippen molar-refractivity contribution in [3.05, 3.63) is 77.5 Å². The SMILES string of the molecule is Cc1ccccc1-n1nccc1NC(=O)[C@@H]1Cc2ccccc2C(=O)O1. The van der Waals surface area contributed by atoms with Gasteiger partial charge in [0, 0.05) is 12.5 Å². The van der Waals surface area contributed by atoms with E-state index in [1.54, 1.807) is 29.1 Å². The van der Waals surface area contributed by atoms with Crippen molar-refractivity contribution >= 4 is 17.7 Å². The van der Waals surface area contributed by atoms with Gasteiger partial charge in [-0.1, -0.05) is 36.4 Å². The average Bonchev–Trinajstić information content (AvgIpc) is 3.10. The number of para-hydroxylation sites is 1. The number of aromatic nitrogens is 2. The number of cyclic esters (lactones) is 1. The summed E-state index contributed by atoms with van der Waals surface area (Å²) >= 11 is 0. The Balaban J connectivity index is 1.57. The van der Waals surface area contributed by atoms with Crippen molar-refractivity contribution in [3.8, 4) is 5.69 Å². The maximum Gasteiger partial charge on any atom is 0.339 e. The minimum atomic E-state index is -0.863. The van der Waals surface area contributed by atoms with Crippen LogP contribution < -0.4 is 5.32 Å². The number of nitrogens with one attached hydrogen (secondary N) is 1. The topological polar surface area (TPSA) is 73.2 Å². The predicted molar refractivity (Wildman–Crippen MR) is 96.3 cm³/mol. The molecule has 0 saturated heterocycles. The molecule has 0 fully saturated rings. The van der Waals surface area contributed by atoms with Crippen LogP contribution in [0.2, 0.25) is 0 Å². The molecular formula is C20H17N3O3. The molecule has 1 amide bonds. The summed E-state index contributed by atoms with van der Waals surface area (Å²) in [5, 5.41) is 7.11. The fourth-order valence-corrected chi connectivity index (χ4v) is 3.08. The lowest BCUT2D eigenvalue weighted by Crippen LogP contribution is -2.38. The molecule has 1 atom stereocenters. The largest absolute Gasteiger partial charge is 0.448 e. The molecule has 0 radical (unpaired) electrons. The van der Waals surface area contributed by atoms with Crippen LogP contribution in [-0.2, 0) is 16.0 Å². The van der Waals surface area contributed by atoms with Crippen molar-refractivity contribution < 1.29 is 14.3 Å². The number of benzene rings is 2. The molecule has 6 heteroatoms. The van der Waals surface area contributed by atoms with E-state index in [0.29, 0.717) is 17.8 Å². The number of hydrogen-bond donors (Lipinski definition) is 1. The van der Waals surface area contributed by atoms with Gasteiger partial charge in [-0.3, -0.25) is 4.79 Å². The maximum absolute atomic E-state index is 12.7. The molecule has 1 aromatic heterocycles. The van der Waals surface area contributed by atoms with Crippen LogP contribution in [0, 0.1) is 6.92 Å². The van der Waals surface area contributed by atoms with Crippen LogP contribution in [0.1, 0.15) is 21.5 Å². The summed E-state index contributed by atoms with van der Waals surface area (Å²) < 4.78 is 6.97. The molecule has 4 rings (SSSR count). The van der Waals surface area contributed by atoms with E-state index < -0.39 is 12.1 Å². The number of amides is 1. The fourth-order valence-electron chi connectivity index (χ4n) is 3.08. The zero-order valence-electron chi connectivity index (χ0n) is 14.2. The number of nitrogens with zero attached hydrogens (tertiary/aromatic N) is 2. The Hall–Kier alpha value is -3.41. The van der Waals surface area contributed by atoms with Gasteiger partial charge in [0.05, 0.1) is 17.4 Å². The van der Waals surface area contributed by atoms with Gasteiger partial charge < -0.3 is 10.1 Å². The maximum atomic E-state index is 12.7. The van der Waals surface area contributed by atoms with Crippen molar-refractivity contribution in [1.82, 2.24) is 9.78 Å². The van der Waals surface area contributed by atoms with Crippen LogP contribution in [0.3, 0.4) is 0 Å². The normalized spacial score (nSPS) is 15.9. The fraction of sp³-hybridized carbons (Fsp3) is 0.150. The summed E-state index contributed by atoms with van der Waals surface area (Å²) in [5.41, 5.74) is 3.24. The van der Waals surface area contributed by atoms with Crippen LogP contribution >= 0.6 is 0 Å². The lowest BCUT2D eigenvalue weighted by Gasteiger charge is -2.23. The van der Waals surface area contributed by atoms with Gasteiger partial charge in [0.25, 0.3) is 5.91 Å². The lowest BCUT2D eigenvalue weighted by atomic mass is 9.98. The summed E-state index contributed by atoms with van der Waals surface area (Å²) in [4.78, 5) is 24.8. The molecule has 0 saturated carbocycles. The van der Waals surface area contributed by atoms with Crippen LogP contribution in [0.25, 0.3) is 5.69 Å². The molecule has 1 aliphatic rings. The molecule has 130 valence electrons. The van der Waals surface area contributed by atoms with E-state index in [2.05, 4.69) is 10.4 Å². The van der Waals surface area contributed by atoms with Gasteiger partial charge in [-0.15, -0.1) is 0 Å². The number of fused-ring (bicyclic) bond motifs is 1. The summed E-state index contributed by atoms with van der Waals surface area (Å²) in [6.07, 6.45) is 1.11. The van der Waals surface area contributed by atoms with Gasteiger partial charge in [0.15, 0.2) is 6.10 Å². The Morgan fingerprint density at radius 1 is 1.15 bits per heavy atom. The Labute approximate surface area is 150 Å².